The zero-order valence-electron chi connectivity index (χ0n) is 14.0. The first-order chi connectivity index (χ1) is 11.2. The van der Waals surface area contributed by atoms with Crippen molar-refractivity contribution in [3.05, 3.63) is 36.0 Å². The Balaban J connectivity index is 1.89. The molecule has 0 aliphatic carbocycles. The predicted octanol–water partition coefficient (Wildman–Crippen LogP) is 3.45. The summed E-state index contributed by atoms with van der Waals surface area (Å²) in [4.78, 5) is 4.40. The van der Waals surface area contributed by atoms with E-state index >= 15 is 0 Å². The van der Waals surface area contributed by atoms with Crippen LogP contribution in [0, 0.1) is 5.92 Å². The number of pyridine rings is 1. The summed E-state index contributed by atoms with van der Waals surface area (Å²) in [7, 11) is 1.66. The van der Waals surface area contributed by atoms with Crippen molar-refractivity contribution >= 4 is 10.9 Å². The van der Waals surface area contributed by atoms with Gasteiger partial charge in [-0.1, -0.05) is 19.8 Å². The molecular formula is C19H26N2O2. The minimum absolute atomic E-state index is 0.108. The van der Waals surface area contributed by atoms with E-state index in [2.05, 4.69) is 17.2 Å². The molecule has 3 rings (SSSR count). The maximum atomic E-state index is 11.0. The molecule has 124 valence electrons. The molecule has 2 aromatic rings. The highest BCUT2D eigenvalue weighted by Crippen LogP contribution is 2.32. The van der Waals surface area contributed by atoms with Crippen LogP contribution in [0.1, 0.15) is 44.3 Å². The summed E-state index contributed by atoms with van der Waals surface area (Å²) in [5.74, 6) is 1.50. The Morgan fingerprint density at radius 2 is 2.26 bits per heavy atom. The highest BCUT2D eigenvalue weighted by molar-refractivity contribution is 5.83. The third-order valence-corrected chi connectivity index (χ3v) is 4.93. The summed E-state index contributed by atoms with van der Waals surface area (Å²) in [5.41, 5.74) is 1.83. The number of piperidine rings is 1. The number of hydrogen-bond donors (Lipinski definition) is 2. The van der Waals surface area contributed by atoms with Gasteiger partial charge in [-0.2, -0.15) is 0 Å². The molecule has 0 bridgehead atoms. The molecule has 4 nitrogen and oxygen atoms in total. The van der Waals surface area contributed by atoms with E-state index in [0.717, 1.165) is 35.2 Å². The minimum atomic E-state index is -0.521. The van der Waals surface area contributed by atoms with Gasteiger partial charge >= 0.3 is 0 Å². The molecule has 23 heavy (non-hydrogen) atoms. The molecule has 0 radical (unpaired) electrons. The summed E-state index contributed by atoms with van der Waals surface area (Å²) in [5, 5.41) is 15.4. The average Bonchev–Trinajstić information content (AvgIpc) is 2.60. The fourth-order valence-corrected chi connectivity index (χ4v) is 3.69. The van der Waals surface area contributed by atoms with Gasteiger partial charge in [0.05, 0.1) is 18.7 Å². The number of aliphatic hydroxyl groups is 1. The zero-order chi connectivity index (χ0) is 16.2. The van der Waals surface area contributed by atoms with Crippen molar-refractivity contribution < 1.29 is 9.84 Å². The monoisotopic (exact) mass is 314 g/mol. The van der Waals surface area contributed by atoms with Crippen LogP contribution in [0.3, 0.4) is 0 Å². The molecule has 0 unspecified atom stereocenters. The van der Waals surface area contributed by atoms with E-state index in [1.807, 2.05) is 24.3 Å². The Morgan fingerprint density at radius 3 is 3.04 bits per heavy atom. The molecule has 1 aromatic carbocycles. The van der Waals surface area contributed by atoms with Crippen molar-refractivity contribution in [3.63, 3.8) is 0 Å². The van der Waals surface area contributed by atoms with Crippen LogP contribution in [-0.2, 0) is 0 Å². The number of benzene rings is 1. The lowest BCUT2D eigenvalue weighted by molar-refractivity contribution is 0.0979. The minimum Gasteiger partial charge on any atom is -0.497 e. The molecule has 4 heteroatoms. The third-order valence-electron chi connectivity index (χ3n) is 4.93. The molecule has 0 spiro atoms. The molecule has 1 aliphatic heterocycles. The average molecular weight is 314 g/mol. The van der Waals surface area contributed by atoms with Crippen molar-refractivity contribution in [1.29, 1.82) is 0 Å². The van der Waals surface area contributed by atoms with E-state index < -0.39 is 6.10 Å². The van der Waals surface area contributed by atoms with E-state index in [1.54, 1.807) is 13.3 Å². The van der Waals surface area contributed by atoms with E-state index in [4.69, 9.17) is 4.74 Å². The molecular weight excluding hydrogens is 288 g/mol. The summed E-state index contributed by atoms with van der Waals surface area (Å²) >= 11 is 0. The van der Waals surface area contributed by atoms with Crippen molar-refractivity contribution in [2.45, 2.75) is 44.8 Å². The van der Waals surface area contributed by atoms with Crippen molar-refractivity contribution in [3.8, 4) is 5.75 Å². The summed E-state index contributed by atoms with van der Waals surface area (Å²) in [6.45, 7) is 3.22. The summed E-state index contributed by atoms with van der Waals surface area (Å²) in [6, 6.07) is 7.85. The summed E-state index contributed by atoms with van der Waals surface area (Å²) < 4.78 is 5.33. The zero-order valence-corrected chi connectivity index (χ0v) is 14.0. The first-order valence-corrected chi connectivity index (χ1v) is 8.57. The molecule has 2 N–H and O–H groups in total. The number of aliphatic hydroxyl groups excluding tert-OH is 1. The Morgan fingerprint density at radius 1 is 1.39 bits per heavy atom. The van der Waals surface area contributed by atoms with Crippen molar-refractivity contribution in [1.82, 2.24) is 10.3 Å². The van der Waals surface area contributed by atoms with Crippen LogP contribution in [-0.4, -0.2) is 29.8 Å². The van der Waals surface area contributed by atoms with Gasteiger partial charge in [0, 0.05) is 17.6 Å². The number of aromatic nitrogens is 1. The number of ether oxygens (including phenoxy) is 1. The van der Waals surface area contributed by atoms with Crippen LogP contribution in [0.25, 0.3) is 10.9 Å². The van der Waals surface area contributed by atoms with Gasteiger partial charge in [-0.15, -0.1) is 0 Å². The molecule has 0 amide bonds. The fraction of sp³-hybridized carbons (Fsp3) is 0.526. The maximum absolute atomic E-state index is 11.0. The van der Waals surface area contributed by atoms with Gasteiger partial charge in [-0.25, -0.2) is 0 Å². The predicted molar refractivity (Wildman–Crippen MR) is 92.7 cm³/mol. The van der Waals surface area contributed by atoms with Gasteiger partial charge in [0.25, 0.3) is 0 Å². The first kappa shape index (κ1) is 16.2. The number of nitrogens with one attached hydrogen (secondary N) is 1. The maximum Gasteiger partial charge on any atom is 0.119 e. The van der Waals surface area contributed by atoms with Crippen molar-refractivity contribution in [2.75, 3.05) is 13.7 Å². The van der Waals surface area contributed by atoms with Crippen LogP contribution >= 0.6 is 0 Å². The molecule has 3 atom stereocenters. The van der Waals surface area contributed by atoms with E-state index in [9.17, 15) is 5.11 Å². The highest BCUT2D eigenvalue weighted by atomic mass is 16.5. The quantitative estimate of drug-likeness (QED) is 0.887. The lowest BCUT2D eigenvalue weighted by Crippen LogP contribution is -2.42. The van der Waals surface area contributed by atoms with Gasteiger partial charge in [0.1, 0.15) is 5.75 Å². The van der Waals surface area contributed by atoms with Crippen LogP contribution in [0.15, 0.2) is 30.5 Å². The summed E-state index contributed by atoms with van der Waals surface area (Å²) in [6.07, 6.45) is 5.95. The largest absolute Gasteiger partial charge is 0.497 e. The van der Waals surface area contributed by atoms with Gasteiger partial charge < -0.3 is 15.2 Å². The number of methoxy groups -OCH3 is 1. The number of rotatable bonds is 5. The number of hydrogen-bond acceptors (Lipinski definition) is 4. The van der Waals surface area contributed by atoms with Gasteiger partial charge in [-0.3, -0.25) is 4.98 Å². The standard InChI is InChI=1S/C19H26N2O2/c1-3-4-13-7-9-21-18(11-13)19(22)15-8-10-20-17-6-5-14(23-2)12-16(15)17/h5-6,8,10,12-13,18-19,21-22H,3-4,7,9,11H2,1-2H3/t13-,18+,19-/m1/s1. The van der Waals surface area contributed by atoms with E-state index in [-0.39, 0.29) is 6.04 Å². The van der Waals surface area contributed by atoms with Gasteiger partial charge in [-0.05, 0) is 55.1 Å². The lowest BCUT2D eigenvalue weighted by Gasteiger charge is -2.33. The smallest absolute Gasteiger partial charge is 0.119 e. The highest BCUT2D eigenvalue weighted by Gasteiger charge is 2.28. The van der Waals surface area contributed by atoms with Crippen LogP contribution in [0.4, 0.5) is 0 Å². The number of nitrogens with zero attached hydrogens (tertiary/aromatic N) is 1. The van der Waals surface area contributed by atoms with Crippen molar-refractivity contribution in [2.24, 2.45) is 5.92 Å². The molecule has 1 aliphatic rings. The number of fused-ring (bicyclic) bond motifs is 1. The topological polar surface area (TPSA) is 54.4 Å². The molecule has 1 fully saturated rings. The molecule has 2 heterocycles. The third kappa shape index (κ3) is 3.48. The second kappa shape index (κ2) is 7.28. The second-order valence-corrected chi connectivity index (χ2v) is 6.47. The van der Waals surface area contributed by atoms with Crippen LogP contribution < -0.4 is 10.1 Å². The van der Waals surface area contributed by atoms with Crippen LogP contribution in [0.2, 0.25) is 0 Å². The lowest BCUT2D eigenvalue weighted by atomic mass is 9.84. The van der Waals surface area contributed by atoms with Gasteiger partial charge in [0.2, 0.25) is 0 Å². The molecule has 1 saturated heterocycles. The van der Waals surface area contributed by atoms with E-state index in [0.29, 0.717) is 5.92 Å². The molecule has 0 saturated carbocycles. The van der Waals surface area contributed by atoms with E-state index in [1.165, 1.54) is 19.3 Å². The fourth-order valence-electron chi connectivity index (χ4n) is 3.69. The Bertz CT molecular complexity index is 657. The normalized spacial score (nSPS) is 22.9. The Kier molecular flexibility index (Phi) is 5.13. The first-order valence-electron chi connectivity index (χ1n) is 8.57. The SMILES string of the molecule is CCC[C@@H]1CCN[C@H]([C@H](O)c2ccnc3ccc(OC)cc23)C1. The molecule has 1 aromatic heterocycles. The Labute approximate surface area is 137 Å². The second-order valence-electron chi connectivity index (χ2n) is 6.47. The van der Waals surface area contributed by atoms with Gasteiger partial charge in [0.15, 0.2) is 0 Å². The van der Waals surface area contributed by atoms with Crippen LogP contribution in [0.5, 0.6) is 5.75 Å². The Hall–Kier alpha value is -1.65.